The molecule has 0 aliphatic carbocycles. The Morgan fingerprint density at radius 2 is 2.06 bits per heavy atom. The maximum Gasteiger partial charge on any atom is 0.146 e. The molecule has 0 aliphatic rings. The number of hydrogen-bond donors (Lipinski definition) is 1. The summed E-state index contributed by atoms with van der Waals surface area (Å²) in [6, 6.07) is 10.6. The summed E-state index contributed by atoms with van der Waals surface area (Å²) in [4.78, 5) is 0. The molecule has 1 aromatic heterocycles. The molecule has 1 atom stereocenters. The molecule has 0 saturated heterocycles. The predicted molar refractivity (Wildman–Crippen MR) is 72.2 cm³/mol. The van der Waals surface area contributed by atoms with E-state index in [9.17, 15) is 0 Å². The molecule has 4 nitrogen and oxygen atoms in total. The first-order chi connectivity index (χ1) is 8.77. The van der Waals surface area contributed by atoms with Crippen molar-refractivity contribution >= 4 is 0 Å². The molecule has 2 rings (SSSR count). The molecule has 96 valence electrons. The van der Waals surface area contributed by atoms with E-state index in [1.807, 2.05) is 11.6 Å². The number of nitrogens with zero attached hydrogens (tertiary/aromatic N) is 3. The maximum atomic E-state index is 4.04. The van der Waals surface area contributed by atoms with Crippen molar-refractivity contribution in [3.63, 3.8) is 0 Å². The van der Waals surface area contributed by atoms with Crippen LogP contribution in [-0.2, 0) is 13.6 Å². The highest BCUT2D eigenvalue weighted by molar-refractivity contribution is 5.18. The number of aromatic nitrogens is 3. The molecule has 0 spiro atoms. The number of nitrogens with one attached hydrogen (secondary N) is 1. The highest BCUT2D eigenvalue weighted by Gasteiger charge is 2.05. The van der Waals surface area contributed by atoms with E-state index in [4.69, 9.17) is 0 Å². The average Bonchev–Trinajstić information content (AvgIpc) is 2.81. The summed E-state index contributed by atoms with van der Waals surface area (Å²) >= 11 is 0. The Balaban J connectivity index is 1.71. The van der Waals surface area contributed by atoms with Crippen molar-refractivity contribution in [3.05, 3.63) is 48.0 Å². The Labute approximate surface area is 108 Å². The van der Waals surface area contributed by atoms with Crippen LogP contribution in [0.25, 0.3) is 0 Å². The molecular weight excluding hydrogens is 224 g/mol. The van der Waals surface area contributed by atoms with Gasteiger partial charge in [0.25, 0.3) is 0 Å². The van der Waals surface area contributed by atoms with Crippen LogP contribution in [0.3, 0.4) is 0 Å². The normalized spacial score (nSPS) is 12.6. The summed E-state index contributed by atoms with van der Waals surface area (Å²) in [5.74, 6) is 1.56. The zero-order chi connectivity index (χ0) is 12.8. The molecule has 0 bridgehead atoms. The van der Waals surface area contributed by atoms with Gasteiger partial charge in [-0.15, -0.1) is 10.2 Å². The predicted octanol–water partition coefficient (Wildman–Crippen LogP) is 2.10. The second-order valence-electron chi connectivity index (χ2n) is 4.64. The van der Waals surface area contributed by atoms with Gasteiger partial charge in [-0.1, -0.05) is 37.3 Å². The molecule has 0 radical (unpaired) electrons. The summed E-state index contributed by atoms with van der Waals surface area (Å²) in [6.45, 7) is 4.03. The van der Waals surface area contributed by atoms with Crippen LogP contribution in [0.2, 0.25) is 0 Å². The molecule has 4 heteroatoms. The van der Waals surface area contributed by atoms with Crippen LogP contribution in [0, 0.1) is 0 Å². The fourth-order valence-electron chi connectivity index (χ4n) is 1.93. The van der Waals surface area contributed by atoms with Gasteiger partial charge in [-0.3, -0.25) is 0 Å². The molecular formula is C14H20N4. The lowest BCUT2D eigenvalue weighted by Gasteiger charge is -2.12. The van der Waals surface area contributed by atoms with E-state index in [0.29, 0.717) is 5.92 Å². The van der Waals surface area contributed by atoms with Gasteiger partial charge in [0.15, 0.2) is 0 Å². The SMILES string of the molecule is CC(CCNCc1nncn1C)c1ccccc1. The summed E-state index contributed by atoms with van der Waals surface area (Å²) in [5.41, 5.74) is 1.40. The topological polar surface area (TPSA) is 42.7 Å². The van der Waals surface area contributed by atoms with Crippen molar-refractivity contribution in [3.8, 4) is 0 Å². The van der Waals surface area contributed by atoms with Crippen LogP contribution in [0.4, 0.5) is 0 Å². The van der Waals surface area contributed by atoms with Gasteiger partial charge in [0, 0.05) is 7.05 Å². The van der Waals surface area contributed by atoms with E-state index in [1.165, 1.54) is 5.56 Å². The number of benzene rings is 1. The lowest BCUT2D eigenvalue weighted by atomic mass is 9.98. The lowest BCUT2D eigenvalue weighted by molar-refractivity contribution is 0.574. The monoisotopic (exact) mass is 244 g/mol. The Morgan fingerprint density at radius 1 is 1.28 bits per heavy atom. The quantitative estimate of drug-likeness (QED) is 0.791. The molecule has 0 fully saturated rings. The van der Waals surface area contributed by atoms with E-state index in [2.05, 4.69) is 52.8 Å². The smallest absolute Gasteiger partial charge is 0.146 e. The molecule has 1 aromatic carbocycles. The maximum absolute atomic E-state index is 4.04. The first kappa shape index (κ1) is 12.8. The number of rotatable bonds is 6. The summed E-state index contributed by atoms with van der Waals surface area (Å²) in [6.07, 6.45) is 2.85. The molecule has 0 amide bonds. The van der Waals surface area contributed by atoms with Gasteiger partial charge in [0.2, 0.25) is 0 Å². The molecule has 18 heavy (non-hydrogen) atoms. The van der Waals surface area contributed by atoms with Gasteiger partial charge in [0.05, 0.1) is 6.54 Å². The molecule has 1 heterocycles. The molecule has 0 saturated carbocycles. The van der Waals surface area contributed by atoms with Gasteiger partial charge >= 0.3 is 0 Å². The van der Waals surface area contributed by atoms with Crippen molar-refractivity contribution in [2.45, 2.75) is 25.8 Å². The Hall–Kier alpha value is -1.68. The minimum Gasteiger partial charge on any atom is -0.320 e. The fraction of sp³-hybridized carbons (Fsp3) is 0.429. The van der Waals surface area contributed by atoms with Crippen molar-refractivity contribution < 1.29 is 0 Å². The van der Waals surface area contributed by atoms with Crippen LogP contribution in [0.15, 0.2) is 36.7 Å². The van der Waals surface area contributed by atoms with E-state index in [1.54, 1.807) is 6.33 Å². The van der Waals surface area contributed by atoms with Crippen LogP contribution >= 0.6 is 0 Å². The largest absolute Gasteiger partial charge is 0.320 e. The van der Waals surface area contributed by atoms with Gasteiger partial charge in [-0.2, -0.15) is 0 Å². The van der Waals surface area contributed by atoms with Crippen LogP contribution in [0.5, 0.6) is 0 Å². The first-order valence-corrected chi connectivity index (χ1v) is 6.36. The van der Waals surface area contributed by atoms with Crippen molar-refractivity contribution in [2.75, 3.05) is 6.54 Å². The standard InChI is InChI=1S/C14H20N4/c1-12(13-6-4-3-5-7-13)8-9-15-10-14-17-16-11-18(14)2/h3-7,11-12,15H,8-10H2,1-2H3. The minimum absolute atomic E-state index is 0.582. The van der Waals surface area contributed by atoms with Gasteiger partial charge in [-0.25, -0.2) is 0 Å². The molecule has 1 unspecified atom stereocenters. The fourth-order valence-corrected chi connectivity index (χ4v) is 1.93. The second-order valence-corrected chi connectivity index (χ2v) is 4.64. The number of hydrogen-bond acceptors (Lipinski definition) is 3. The van der Waals surface area contributed by atoms with E-state index >= 15 is 0 Å². The highest BCUT2D eigenvalue weighted by atomic mass is 15.3. The van der Waals surface area contributed by atoms with Crippen molar-refractivity contribution in [2.24, 2.45) is 7.05 Å². The van der Waals surface area contributed by atoms with Crippen LogP contribution < -0.4 is 5.32 Å². The minimum atomic E-state index is 0.582. The summed E-state index contributed by atoms with van der Waals surface area (Å²) in [7, 11) is 1.96. The lowest BCUT2D eigenvalue weighted by Crippen LogP contribution is -2.18. The van der Waals surface area contributed by atoms with Crippen molar-refractivity contribution in [1.29, 1.82) is 0 Å². The molecule has 2 aromatic rings. The zero-order valence-corrected chi connectivity index (χ0v) is 11.0. The first-order valence-electron chi connectivity index (χ1n) is 6.36. The zero-order valence-electron chi connectivity index (χ0n) is 11.0. The average molecular weight is 244 g/mol. The molecule has 0 aliphatic heterocycles. The van der Waals surface area contributed by atoms with Crippen LogP contribution in [0.1, 0.15) is 30.7 Å². The van der Waals surface area contributed by atoms with E-state index in [0.717, 1.165) is 25.3 Å². The summed E-state index contributed by atoms with van der Waals surface area (Å²) in [5, 5.41) is 11.3. The van der Waals surface area contributed by atoms with Gasteiger partial charge in [0.1, 0.15) is 12.2 Å². The van der Waals surface area contributed by atoms with Gasteiger partial charge < -0.3 is 9.88 Å². The third-order valence-electron chi connectivity index (χ3n) is 3.21. The second kappa shape index (κ2) is 6.31. The van der Waals surface area contributed by atoms with Crippen molar-refractivity contribution in [1.82, 2.24) is 20.1 Å². The molecule has 1 N–H and O–H groups in total. The van der Waals surface area contributed by atoms with E-state index < -0.39 is 0 Å². The third kappa shape index (κ3) is 3.40. The van der Waals surface area contributed by atoms with Crippen LogP contribution in [-0.4, -0.2) is 21.3 Å². The Bertz CT molecular complexity index is 464. The Kier molecular flexibility index (Phi) is 4.47. The summed E-state index contributed by atoms with van der Waals surface area (Å²) < 4.78 is 1.94. The highest BCUT2D eigenvalue weighted by Crippen LogP contribution is 2.17. The third-order valence-corrected chi connectivity index (χ3v) is 3.21. The Morgan fingerprint density at radius 3 is 2.72 bits per heavy atom. The number of aryl methyl sites for hydroxylation is 1. The van der Waals surface area contributed by atoms with E-state index in [-0.39, 0.29) is 0 Å². The van der Waals surface area contributed by atoms with Gasteiger partial charge in [-0.05, 0) is 24.4 Å².